The molecule has 2 rings (SSSR count). The number of rotatable bonds is 4. The molecule has 0 amide bonds. The predicted octanol–water partition coefficient (Wildman–Crippen LogP) is 2.57. The summed E-state index contributed by atoms with van der Waals surface area (Å²) in [4.78, 5) is 14.7. The molecule has 0 unspecified atom stereocenters. The van der Waals surface area contributed by atoms with Crippen LogP contribution < -0.4 is 0 Å². The molecule has 112 valence electrons. The molecule has 1 heterocycles. The lowest BCUT2D eigenvalue weighted by molar-refractivity contribution is 0.0696. The quantitative estimate of drug-likeness (QED) is 0.932. The lowest BCUT2D eigenvalue weighted by atomic mass is 10.1. The number of aromatic nitrogens is 1. The summed E-state index contributed by atoms with van der Waals surface area (Å²) in [5.74, 6) is -2.62. The van der Waals surface area contributed by atoms with Gasteiger partial charge in [-0.05, 0) is 26.0 Å². The number of hydrogen-bond donors (Lipinski definition) is 1. The number of carbonyl (C=O) groups is 1. The lowest BCUT2D eigenvalue weighted by Crippen LogP contribution is -2.10. The van der Waals surface area contributed by atoms with E-state index in [9.17, 15) is 17.6 Å². The summed E-state index contributed by atoms with van der Waals surface area (Å²) >= 11 is 1.19. The third-order valence-electron chi connectivity index (χ3n) is 2.86. The highest BCUT2D eigenvalue weighted by Gasteiger charge is 2.23. The van der Waals surface area contributed by atoms with E-state index in [-0.39, 0.29) is 16.2 Å². The molecule has 0 aliphatic heterocycles. The van der Waals surface area contributed by atoms with Crippen molar-refractivity contribution in [2.75, 3.05) is 0 Å². The van der Waals surface area contributed by atoms with E-state index in [4.69, 9.17) is 5.11 Å². The summed E-state index contributed by atoms with van der Waals surface area (Å²) < 4.78 is 38.5. The van der Waals surface area contributed by atoms with E-state index in [1.807, 2.05) is 0 Å². The molecule has 0 spiro atoms. The highest BCUT2D eigenvalue weighted by atomic mass is 32.2. The minimum absolute atomic E-state index is 0.0896. The van der Waals surface area contributed by atoms with Gasteiger partial charge >= 0.3 is 5.97 Å². The number of thiazole rings is 1. The number of hydrogen-bond acceptors (Lipinski definition) is 5. The Morgan fingerprint density at radius 1 is 1.38 bits per heavy atom. The zero-order valence-electron chi connectivity index (χ0n) is 11.3. The fraction of sp³-hybridized carbons (Fsp3) is 0.231. The molecule has 8 heteroatoms. The van der Waals surface area contributed by atoms with Crippen molar-refractivity contribution in [3.63, 3.8) is 0 Å². The average Bonchev–Trinajstić information content (AvgIpc) is 2.76. The Hall–Kier alpha value is -1.80. The summed E-state index contributed by atoms with van der Waals surface area (Å²) in [5.41, 5.74) is 0.215. The third-order valence-corrected chi connectivity index (χ3v) is 5.76. The van der Waals surface area contributed by atoms with E-state index in [2.05, 4.69) is 4.98 Å². The Labute approximate surface area is 125 Å². The van der Waals surface area contributed by atoms with Gasteiger partial charge < -0.3 is 5.11 Å². The van der Waals surface area contributed by atoms with Crippen LogP contribution in [-0.2, 0) is 15.6 Å². The van der Waals surface area contributed by atoms with Gasteiger partial charge in [-0.15, -0.1) is 11.3 Å². The van der Waals surface area contributed by atoms with Gasteiger partial charge in [0.15, 0.2) is 9.84 Å². The van der Waals surface area contributed by atoms with Crippen LogP contribution in [0.2, 0.25) is 0 Å². The van der Waals surface area contributed by atoms with Crippen LogP contribution in [0.3, 0.4) is 0 Å². The van der Waals surface area contributed by atoms with Crippen molar-refractivity contribution in [2.45, 2.75) is 24.5 Å². The Bertz CT molecular complexity index is 812. The molecule has 0 saturated carbocycles. The number of carboxylic acids is 1. The molecular weight excluding hydrogens is 317 g/mol. The van der Waals surface area contributed by atoms with Gasteiger partial charge in [0.1, 0.15) is 16.6 Å². The Morgan fingerprint density at radius 3 is 2.57 bits per heavy atom. The zero-order chi connectivity index (χ0) is 15.8. The number of aromatic carboxylic acids is 1. The van der Waals surface area contributed by atoms with Gasteiger partial charge in [0.2, 0.25) is 0 Å². The molecule has 0 radical (unpaired) electrons. The van der Waals surface area contributed by atoms with Crippen molar-refractivity contribution in [3.8, 4) is 0 Å². The summed E-state index contributed by atoms with van der Waals surface area (Å²) in [6.07, 6.45) is 0. The number of sulfone groups is 1. The van der Waals surface area contributed by atoms with Crippen molar-refractivity contribution in [1.82, 2.24) is 4.98 Å². The second-order valence-electron chi connectivity index (χ2n) is 4.53. The van der Waals surface area contributed by atoms with Gasteiger partial charge in [-0.25, -0.2) is 22.6 Å². The molecular formula is C13H12FNO4S2. The average molecular weight is 329 g/mol. The van der Waals surface area contributed by atoms with Gasteiger partial charge in [-0.2, -0.15) is 0 Å². The second kappa shape index (κ2) is 5.53. The zero-order valence-corrected chi connectivity index (χ0v) is 12.9. The van der Waals surface area contributed by atoms with Crippen molar-refractivity contribution in [3.05, 3.63) is 45.2 Å². The second-order valence-corrected chi connectivity index (χ2v) is 7.43. The molecule has 2 aromatic rings. The largest absolute Gasteiger partial charge is 0.478 e. The Kier molecular flexibility index (Phi) is 4.11. The number of halogens is 1. The SMILES string of the molecule is Cc1csc(CS(=O)(=O)c2cc(C(=O)O)cc(F)c2C)n1. The van der Waals surface area contributed by atoms with Gasteiger partial charge in [-0.1, -0.05) is 0 Å². The van der Waals surface area contributed by atoms with Crippen LogP contribution >= 0.6 is 11.3 Å². The van der Waals surface area contributed by atoms with Crippen LogP contribution in [0.1, 0.15) is 26.6 Å². The third kappa shape index (κ3) is 3.27. The lowest BCUT2D eigenvalue weighted by Gasteiger charge is -2.09. The fourth-order valence-corrected chi connectivity index (χ4v) is 4.52. The van der Waals surface area contributed by atoms with E-state index in [1.165, 1.54) is 18.3 Å². The van der Waals surface area contributed by atoms with E-state index in [0.717, 1.165) is 12.1 Å². The molecule has 21 heavy (non-hydrogen) atoms. The Balaban J connectivity index is 2.51. The molecule has 0 fully saturated rings. The van der Waals surface area contributed by atoms with Crippen molar-refractivity contribution < 1.29 is 22.7 Å². The highest BCUT2D eigenvalue weighted by molar-refractivity contribution is 7.90. The molecule has 1 aromatic carbocycles. The maximum Gasteiger partial charge on any atom is 0.335 e. The summed E-state index contributed by atoms with van der Waals surface area (Å²) in [6, 6.07) is 1.79. The van der Waals surface area contributed by atoms with Crippen LogP contribution in [-0.4, -0.2) is 24.5 Å². The van der Waals surface area contributed by atoms with E-state index >= 15 is 0 Å². The van der Waals surface area contributed by atoms with Crippen LogP contribution in [0.15, 0.2) is 22.4 Å². The van der Waals surface area contributed by atoms with E-state index in [0.29, 0.717) is 10.7 Å². The molecule has 5 nitrogen and oxygen atoms in total. The van der Waals surface area contributed by atoms with Crippen molar-refractivity contribution in [2.24, 2.45) is 0 Å². The smallest absolute Gasteiger partial charge is 0.335 e. The van der Waals surface area contributed by atoms with Crippen LogP contribution in [0.25, 0.3) is 0 Å². The van der Waals surface area contributed by atoms with Gasteiger partial charge in [-0.3, -0.25) is 0 Å². The summed E-state index contributed by atoms with van der Waals surface area (Å²) in [7, 11) is -3.86. The molecule has 0 aliphatic rings. The predicted molar refractivity (Wildman–Crippen MR) is 75.8 cm³/mol. The molecule has 0 bridgehead atoms. The fourth-order valence-electron chi connectivity index (χ4n) is 1.81. The first kappa shape index (κ1) is 15.6. The maximum atomic E-state index is 13.7. The standard InChI is InChI=1S/C13H12FNO4S2/c1-7-5-20-12(15-7)6-21(18,19)11-4-9(13(16)17)3-10(14)8(11)2/h3-5H,6H2,1-2H3,(H,16,17). The first-order valence-corrected chi connectivity index (χ1v) is 8.41. The first-order chi connectivity index (χ1) is 9.70. The van der Waals surface area contributed by atoms with Crippen molar-refractivity contribution in [1.29, 1.82) is 0 Å². The minimum atomic E-state index is -3.86. The highest BCUT2D eigenvalue weighted by Crippen LogP contribution is 2.25. The first-order valence-electron chi connectivity index (χ1n) is 5.88. The van der Waals surface area contributed by atoms with E-state index < -0.39 is 27.2 Å². The van der Waals surface area contributed by atoms with Gasteiger partial charge in [0, 0.05) is 16.6 Å². The number of benzene rings is 1. The summed E-state index contributed by atoms with van der Waals surface area (Å²) in [6.45, 7) is 3.05. The number of nitrogens with zero attached hydrogens (tertiary/aromatic N) is 1. The van der Waals surface area contributed by atoms with Gasteiger partial charge in [0.25, 0.3) is 0 Å². The molecule has 0 aliphatic carbocycles. The number of aryl methyl sites for hydroxylation is 1. The van der Waals surface area contributed by atoms with Crippen molar-refractivity contribution >= 4 is 27.1 Å². The Morgan fingerprint density at radius 2 is 2.05 bits per heavy atom. The number of carboxylic acid groups (broad SMARTS) is 1. The van der Waals surface area contributed by atoms with Crippen LogP contribution in [0, 0.1) is 19.7 Å². The molecule has 1 aromatic heterocycles. The monoisotopic (exact) mass is 329 g/mol. The topological polar surface area (TPSA) is 84.3 Å². The van der Waals surface area contributed by atoms with Crippen LogP contribution in [0.5, 0.6) is 0 Å². The van der Waals surface area contributed by atoms with Gasteiger partial charge in [0.05, 0.1) is 10.5 Å². The minimum Gasteiger partial charge on any atom is -0.478 e. The molecule has 0 saturated heterocycles. The molecule has 1 N–H and O–H groups in total. The van der Waals surface area contributed by atoms with E-state index in [1.54, 1.807) is 12.3 Å². The summed E-state index contributed by atoms with van der Waals surface area (Å²) in [5, 5.41) is 11.0. The molecule has 0 atom stereocenters. The normalized spacial score (nSPS) is 11.6. The maximum absolute atomic E-state index is 13.7. The van der Waals surface area contributed by atoms with Crippen LogP contribution in [0.4, 0.5) is 4.39 Å².